The molecule has 1 amide bonds. The summed E-state index contributed by atoms with van der Waals surface area (Å²) in [4.78, 5) is 26.5. The van der Waals surface area contributed by atoms with Gasteiger partial charge < -0.3 is 4.74 Å². The van der Waals surface area contributed by atoms with Crippen LogP contribution in [0.15, 0.2) is 6.20 Å². The van der Waals surface area contributed by atoms with E-state index in [0.29, 0.717) is 17.4 Å². The number of anilines is 1. The summed E-state index contributed by atoms with van der Waals surface area (Å²) in [6.45, 7) is 6.92. The van der Waals surface area contributed by atoms with E-state index in [2.05, 4.69) is 10.3 Å². The van der Waals surface area contributed by atoms with Crippen LogP contribution >= 0.6 is 11.6 Å². The molecule has 98 valence electrons. The molecule has 1 aromatic heterocycles. The number of carbonyl (C=O) groups excluding carboxylic acids is 2. The van der Waals surface area contributed by atoms with Crippen molar-refractivity contribution in [3.8, 4) is 0 Å². The zero-order valence-electron chi connectivity index (χ0n) is 10.7. The van der Waals surface area contributed by atoms with Crippen molar-refractivity contribution in [2.75, 3.05) is 5.32 Å². The molecule has 0 saturated heterocycles. The van der Waals surface area contributed by atoms with Crippen molar-refractivity contribution in [3.05, 3.63) is 22.5 Å². The van der Waals surface area contributed by atoms with Gasteiger partial charge in [-0.05, 0) is 33.3 Å². The van der Waals surface area contributed by atoms with Crippen molar-refractivity contribution in [1.29, 1.82) is 0 Å². The monoisotopic (exact) mass is 270 g/mol. The first-order chi connectivity index (χ1) is 8.24. The molecule has 0 spiro atoms. The van der Waals surface area contributed by atoms with E-state index in [0.717, 1.165) is 0 Å². The number of hydrogen-bond donors (Lipinski definition) is 1. The Labute approximate surface area is 110 Å². The number of nitrogens with zero attached hydrogens (tertiary/aromatic N) is 1. The standard InChI is InChI=1S/C12H15ClN2O3/c1-7-5-14-10(13)9(8(7)6-16)15-11(17)18-12(2,3)4/h5-6H,1-4H3,(H,15,17). The lowest BCUT2D eigenvalue weighted by atomic mass is 10.1. The van der Waals surface area contributed by atoms with Gasteiger partial charge in [-0.15, -0.1) is 0 Å². The van der Waals surface area contributed by atoms with Gasteiger partial charge in [0, 0.05) is 11.8 Å². The van der Waals surface area contributed by atoms with Gasteiger partial charge in [-0.1, -0.05) is 11.6 Å². The summed E-state index contributed by atoms with van der Waals surface area (Å²) in [6, 6.07) is 0. The van der Waals surface area contributed by atoms with E-state index in [1.807, 2.05) is 0 Å². The van der Waals surface area contributed by atoms with Gasteiger partial charge in [-0.25, -0.2) is 9.78 Å². The predicted octanol–water partition coefficient (Wildman–Crippen LogP) is 3.20. The minimum absolute atomic E-state index is 0.0496. The third-order valence-corrected chi connectivity index (χ3v) is 2.30. The van der Waals surface area contributed by atoms with E-state index < -0.39 is 11.7 Å². The van der Waals surface area contributed by atoms with E-state index in [4.69, 9.17) is 16.3 Å². The Hall–Kier alpha value is -1.62. The predicted molar refractivity (Wildman–Crippen MR) is 69.2 cm³/mol. The lowest BCUT2D eigenvalue weighted by molar-refractivity contribution is 0.0636. The normalized spacial score (nSPS) is 10.9. The molecular formula is C12H15ClN2O3. The van der Waals surface area contributed by atoms with Gasteiger partial charge in [0.05, 0.1) is 5.69 Å². The first-order valence-corrected chi connectivity index (χ1v) is 5.72. The molecule has 18 heavy (non-hydrogen) atoms. The molecule has 0 saturated carbocycles. The second-order valence-electron chi connectivity index (χ2n) is 4.77. The van der Waals surface area contributed by atoms with Gasteiger partial charge >= 0.3 is 6.09 Å². The third kappa shape index (κ3) is 3.70. The Kier molecular flexibility index (Phi) is 4.29. The minimum Gasteiger partial charge on any atom is -0.444 e. The van der Waals surface area contributed by atoms with Crippen molar-refractivity contribution >= 4 is 29.7 Å². The average Bonchev–Trinajstić information content (AvgIpc) is 2.21. The van der Waals surface area contributed by atoms with Crippen LogP contribution in [0.2, 0.25) is 5.15 Å². The molecule has 0 aliphatic rings. The highest BCUT2D eigenvalue weighted by Gasteiger charge is 2.19. The number of pyridine rings is 1. The number of halogens is 1. The molecule has 0 atom stereocenters. The van der Waals surface area contributed by atoms with Gasteiger partial charge in [0.1, 0.15) is 5.60 Å². The molecule has 5 nitrogen and oxygen atoms in total. The van der Waals surface area contributed by atoms with Gasteiger partial charge in [0.2, 0.25) is 0 Å². The fourth-order valence-corrected chi connectivity index (χ4v) is 1.47. The zero-order chi connectivity index (χ0) is 13.9. The van der Waals surface area contributed by atoms with Crippen molar-refractivity contribution in [2.45, 2.75) is 33.3 Å². The first-order valence-electron chi connectivity index (χ1n) is 5.35. The summed E-state index contributed by atoms with van der Waals surface area (Å²) in [6.07, 6.45) is 1.40. The summed E-state index contributed by atoms with van der Waals surface area (Å²) in [5, 5.41) is 2.49. The molecule has 1 rings (SSSR count). The van der Waals surface area contributed by atoms with Crippen LogP contribution in [0.5, 0.6) is 0 Å². The van der Waals surface area contributed by atoms with Crippen LogP contribution < -0.4 is 5.32 Å². The quantitative estimate of drug-likeness (QED) is 0.662. The van der Waals surface area contributed by atoms with E-state index in [-0.39, 0.29) is 10.8 Å². The highest BCUT2D eigenvalue weighted by atomic mass is 35.5. The maximum absolute atomic E-state index is 11.6. The largest absolute Gasteiger partial charge is 0.444 e. The molecule has 1 aromatic rings. The Morgan fingerprint density at radius 1 is 1.50 bits per heavy atom. The number of hydrogen-bond acceptors (Lipinski definition) is 4. The van der Waals surface area contributed by atoms with Crippen molar-refractivity contribution in [3.63, 3.8) is 0 Å². The van der Waals surface area contributed by atoms with Crippen LogP contribution in [-0.4, -0.2) is 23.0 Å². The Bertz CT molecular complexity index is 481. The van der Waals surface area contributed by atoms with E-state index >= 15 is 0 Å². The van der Waals surface area contributed by atoms with E-state index in [9.17, 15) is 9.59 Å². The maximum Gasteiger partial charge on any atom is 0.412 e. The lowest BCUT2D eigenvalue weighted by Gasteiger charge is -2.20. The Morgan fingerprint density at radius 3 is 2.61 bits per heavy atom. The van der Waals surface area contributed by atoms with Crippen LogP contribution in [0.25, 0.3) is 0 Å². The number of carbonyl (C=O) groups is 2. The van der Waals surface area contributed by atoms with Gasteiger partial charge in [-0.2, -0.15) is 0 Å². The molecular weight excluding hydrogens is 256 g/mol. The number of aryl methyl sites for hydroxylation is 1. The molecule has 0 fully saturated rings. The molecule has 0 aliphatic carbocycles. The topological polar surface area (TPSA) is 68.3 Å². The molecule has 0 bridgehead atoms. The SMILES string of the molecule is Cc1cnc(Cl)c(NC(=O)OC(C)(C)C)c1C=O. The third-order valence-electron chi connectivity index (χ3n) is 2.02. The lowest BCUT2D eigenvalue weighted by Crippen LogP contribution is -2.27. The number of rotatable bonds is 2. The molecule has 6 heteroatoms. The van der Waals surface area contributed by atoms with Crippen LogP contribution in [0.3, 0.4) is 0 Å². The molecule has 0 radical (unpaired) electrons. The summed E-state index contributed by atoms with van der Waals surface area (Å²) in [7, 11) is 0. The van der Waals surface area contributed by atoms with Crippen LogP contribution in [0.4, 0.5) is 10.5 Å². The Balaban J connectivity index is 3.01. The number of ether oxygens (including phenoxy) is 1. The summed E-state index contributed by atoms with van der Waals surface area (Å²) in [5.41, 5.74) is 0.456. The van der Waals surface area contributed by atoms with Crippen molar-refractivity contribution < 1.29 is 14.3 Å². The second-order valence-corrected chi connectivity index (χ2v) is 5.12. The highest BCUT2D eigenvalue weighted by molar-refractivity contribution is 6.33. The Morgan fingerprint density at radius 2 is 2.11 bits per heavy atom. The van der Waals surface area contributed by atoms with Crippen LogP contribution in [0.1, 0.15) is 36.7 Å². The van der Waals surface area contributed by atoms with Crippen molar-refractivity contribution in [1.82, 2.24) is 4.98 Å². The number of aldehydes is 1. The smallest absolute Gasteiger partial charge is 0.412 e. The van der Waals surface area contributed by atoms with Crippen molar-refractivity contribution in [2.24, 2.45) is 0 Å². The molecule has 0 aliphatic heterocycles. The second kappa shape index (κ2) is 5.35. The number of aromatic nitrogens is 1. The molecule has 0 unspecified atom stereocenters. The van der Waals surface area contributed by atoms with Crippen LogP contribution in [-0.2, 0) is 4.74 Å². The maximum atomic E-state index is 11.6. The number of amides is 1. The van der Waals surface area contributed by atoms with Gasteiger partial charge in [0.25, 0.3) is 0 Å². The van der Waals surface area contributed by atoms with Gasteiger partial charge in [0.15, 0.2) is 11.4 Å². The fourth-order valence-electron chi connectivity index (χ4n) is 1.27. The summed E-state index contributed by atoms with van der Waals surface area (Å²) < 4.78 is 5.08. The fraction of sp³-hybridized carbons (Fsp3) is 0.417. The van der Waals surface area contributed by atoms with Crippen LogP contribution in [0, 0.1) is 6.92 Å². The van der Waals surface area contributed by atoms with E-state index in [1.165, 1.54) is 6.20 Å². The molecule has 1 N–H and O–H groups in total. The summed E-state index contributed by atoms with van der Waals surface area (Å²) in [5.74, 6) is 0. The summed E-state index contributed by atoms with van der Waals surface area (Å²) >= 11 is 5.86. The average molecular weight is 271 g/mol. The first kappa shape index (κ1) is 14.4. The van der Waals surface area contributed by atoms with Gasteiger partial charge in [-0.3, -0.25) is 10.1 Å². The number of nitrogens with one attached hydrogen (secondary N) is 1. The molecule has 1 heterocycles. The highest BCUT2D eigenvalue weighted by Crippen LogP contribution is 2.25. The van der Waals surface area contributed by atoms with E-state index in [1.54, 1.807) is 27.7 Å². The molecule has 0 aromatic carbocycles. The zero-order valence-corrected chi connectivity index (χ0v) is 11.5. The minimum atomic E-state index is -0.681.